The summed E-state index contributed by atoms with van der Waals surface area (Å²) in [5.74, 6) is -1.22. The van der Waals surface area contributed by atoms with Gasteiger partial charge in [-0.25, -0.2) is 0 Å². The Balaban J connectivity index is 2.03. The number of rotatable bonds is 3. The molecule has 0 aromatic carbocycles. The van der Waals surface area contributed by atoms with Crippen LogP contribution in [0.5, 0.6) is 0 Å². The molecule has 0 spiro atoms. The number of nitrogens with one attached hydrogen (secondary N) is 2. The minimum atomic E-state index is -0.604. The largest absolute Gasteiger partial charge is 0.366 e. The molecule has 1 atom stereocenters. The van der Waals surface area contributed by atoms with Crippen LogP contribution in [-0.4, -0.2) is 35.3 Å². The van der Waals surface area contributed by atoms with E-state index in [1.165, 1.54) is 18.3 Å². The smallest absolute Gasteiger partial charge is 0.270 e. The van der Waals surface area contributed by atoms with E-state index in [1.54, 1.807) is 0 Å². The van der Waals surface area contributed by atoms with Crippen molar-refractivity contribution in [3.63, 3.8) is 0 Å². The van der Waals surface area contributed by atoms with Crippen molar-refractivity contribution in [2.45, 2.75) is 25.3 Å². The molecule has 7 heteroatoms. The molecule has 1 aromatic rings. The summed E-state index contributed by atoms with van der Waals surface area (Å²) in [7, 11) is 0. The van der Waals surface area contributed by atoms with Crippen LogP contribution in [0.15, 0.2) is 18.3 Å². The van der Waals surface area contributed by atoms with Crippen LogP contribution >= 0.6 is 0 Å². The van der Waals surface area contributed by atoms with Gasteiger partial charge < -0.3 is 16.4 Å². The predicted molar refractivity (Wildman–Crippen MR) is 70.9 cm³/mol. The molecule has 0 saturated carbocycles. The molecule has 2 heterocycles. The van der Waals surface area contributed by atoms with Gasteiger partial charge in [0.1, 0.15) is 11.7 Å². The fraction of sp³-hybridized carbons (Fsp3) is 0.385. The van der Waals surface area contributed by atoms with Crippen LogP contribution in [0.4, 0.5) is 0 Å². The molecule has 1 saturated heterocycles. The van der Waals surface area contributed by atoms with E-state index in [0.29, 0.717) is 13.0 Å². The molecule has 1 aliphatic rings. The molecule has 20 heavy (non-hydrogen) atoms. The molecular formula is C13H16N4O3. The number of aromatic nitrogens is 1. The first-order valence-corrected chi connectivity index (χ1v) is 6.42. The Kier molecular flexibility index (Phi) is 4.29. The number of amides is 3. The number of hydrogen-bond donors (Lipinski definition) is 3. The highest BCUT2D eigenvalue weighted by molar-refractivity contribution is 5.97. The summed E-state index contributed by atoms with van der Waals surface area (Å²) in [6.45, 7) is 0.636. The number of nitrogens with zero attached hydrogens (tertiary/aromatic N) is 1. The van der Waals surface area contributed by atoms with E-state index in [-0.39, 0.29) is 17.2 Å². The van der Waals surface area contributed by atoms with Gasteiger partial charge >= 0.3 is 0 Å². The van der Waals surface area contributed by atoms with Crippen LogP contribution in [0.2, 0.25) is 0 Å². The number of nitrogens with two attached hydrogens (primary N) is 1. The highest BCUT2D eigenvalue weighted by Crippen LogP contribution is 2.07. The second-order valence-corrected chi connectivity index (χ2v) is 4.61. The van der Waals surface area contributed by atoms with Crippen molar-refractivity contribution >= 4 is 17.7 Å². The zero-order valence-electron chi connectivity index (χ0n) is 10.9. The second-order valence-electron chi connectivity index (χ2n) is 4.61. The molecular weight excluding hydrogens is 260 g/mol. The van der Waals surface area contributed by atoms with Crippen LogP contribution in [0.3, 0.4) is 0 Å². The van der Waals surface area contributed by atoms with Crippen LogP contribution in [0.25, 0.3) is 0 Å². The van der Waals surface area contributed by atoms with Gasteiger partial charge in [-0.3, -0.25) is 19.4 Å². The molecule has 7 nitrogen and oxygen atoms in total. The Bertz CT molecular complexity index is 527. The third kappa shape index (κ3) is 3.31. The molecule has 106 valence electrons. The Morgan fingerprint density at radius 1 is 1.35 bits per heavy atom. The summed E-state index contributed by atoms with van der Waals surface area (Å²) >= 11 is 0. The Labute approximate surface area is 115 Å². The Hall–Kier alpha value is -2.44. The quantitative estimate of drug-likeness (QED) is 0.695. The normalized spacial score (nSPS) is 18.8. The van der Waals surface area contributed by atoms with Gasteiger partial charge in [0.25, 0.3) is 5.91 Å². The van der Waals surface area contributed by atoms with Crippen molar-refractivity contribution in [2.24, 2.45) is 5.73 Å². The van der Waals surface area contributed by atoms with Crippen LogP contribution in [0, 0.1) is 0 Å². The van der Waals surface area contributed by atoms with Gasteiger partial charge in [0, 0.05) is 12.7 Å². The van der Waals surface area contributed by atoms with E-state index in [4.69, 9.17) is 5.73 Å². The van der Waals surface area contributed by atoms with Gasteiger partial charge in [0.15, 0.2) is 0 Å². The lowest BCUT2D eigenvalue weighted by Crippen LogP contribution is -2.45. The summed E-state index contributed by atoms with van der Waals surface area (Å²) in [4.78, 5) is 38.5. The van der Waals surface area contributed by atoms with E-state index in [1.807, 2.05) is 0 Å². The first-order valence-electron chi connectivity index (χ1n) is 6.42. The second kappa shape index (κ2) is 6.14. The van der Waals surface area contributed by atoms with Crippen molar-refractivity contribution < 1.29 is 14.4 Å². The number of pyridine rings is 1. The van der Waals surface area contributed by atoms with Crippen molar-refractivity contribution in [1.29, 1.82) is 0 Å². The molecule has 2 rings (SSSR count). The van der Waals surface area contributed by atoms with E-state index in [9.17, 15) is 14.4 Å². The molecule has 0 radical (unpaired) electrons. The first kappa shape index (κ1) is 14.0. The van der Waals surface area contributed by atoms with E-state index in [2.05, 4.69) is 15.6 Å². The molecule has 4 N–H and O–H groups in total. The van der Waals surface area contributed by atoms with Crippen LogP contribution in [-0.2, 0) is 4.79 Å². The SMILES string of the molecule is NC(=O)c1ccc(C(=O)N[C@H]2CCCCNC2=O)nc1. The first-order chi connectivity index (χ1) is 9.58. The molecule has 0 bridgehead atoms. The fourth-order valence-corrected chi connectivity index (χ4v) is 1.98. The van der Waals surface area contributed by atoms with Crippen molar-refractivity contribution in [2.75, 3.05) is 6.54 Å². The van der Waals surface area contributed by atoms with Gasteiger partial charge in [-0.05, 0) is 31.4 Å². The molecule has 0 unspecified atom stereocenters. The average Bonchev–Trinajstić information content (AvgIpc) is 2.64. The monoisotopic (exact) mass is 276 g/mol. The van der Waals surface area contributed by atoms with Crippen molar-refractivity contribution in [3.05, 3.63) is 29.6 Å². The van der Waals surface area contributed by atoms with Gasteiger partial charge in [0.2, 0.25) is 11.8 Å². The van der Waals surface area contributed by atoms with Gasteiger partial charge in [0.05, 0.1) is 5.56 Å². The lowest BCUT2D eigenvalue weighted by Gasteiger charge is -2.14. The number of hydrogen-bond acceptors (Lipinski definition) is 4. The maximum atomic E-state index is 12.0. The number of carbonyl (C=O) groups excluding carboxylic acids is 3. The summed E-state index contributed by atoms with van der Waals surface area (Å²) < 4.78 is 0. The van der Waals surface area contributed by atoms with Gasteiger partial charge in [-0.15, -0.1) is 0 Å². The topological polar surface area (TPSA) is 114 Å². The standard InChI is InChI=1S/C13H16N4O3/c14-11(18)8-4-5-9(16-7-8)13(20)17-10-3-1-2-6-15-12(10)19/h4-5,7,10H,1-3,6H2,(H2,14,18)(H,15,19)(H,17,20)/t10-/m0/s1. The lowest BCUT2D eigenvalue weighted by molar-refractivity contribution is -0.122. The Morgan fingerprint density at radius 2 is 2.15 bits per heavy atom. The fourth-order valence-electron chi connectivity index (χ4n) is 1.98. The summed E-state index contributed by atoms with van der Waals surface area (Å²) in [5.41, 5.74) is 5.47. The minimum absolute atomic E-state index is 0.145. The van der Waals surface area contributed by atoms with E-state index < -0.39 is 17.9 Å². The highest BCUT2D eigenvalue weighted by atomic mass is 16.2. The van der Waals surface area contributed by atoms with Crippen LogP contribution in [0.1, 0.15) is 40.1 Å². The third-order valence-electron chi connectivity index (χ3n) is 3.12. The van der Waals surface area contributed by atoms with Crippen molar-refractivity contribution in [1.82, 2.24) is 15.6 Å². The summed E-state index contributed by atoms with van der Waals surface area (Å²) in [6, 6.07) is 2.30. The average molecular weight is 276 g/mol. The highest BCUT2D eigenvalue weighted by Gasteiger charge is 2.23. The number of primary amides is 1. The molecule has 1 fully saturated rings. The maximum absolute atomic E-state index is 12.0. The predicted octanol–water partition coefficient (Wildman–Crippen LogP) is -0.421. The number of carbonyl (C=O) groups is 3. The summed E-state index contributed by atoms with van der Waals surface area (Å²) in [6.07, 6.45) is 3.63. The zero-order valence-corrected chi connectivity index (χ0v) is 10.9. The lowest BCUT2D eigenvalue weighted by atomic mass is 10.1. The van der Waals surface area contributed by atoms with Gasteiger partial charge in [-0.1, -0.05) is 0 Å². The van der Waals surface area contributed by atoms with Gasteiger partial charge in [-0.2, -0.15) is 0 Å². The van der Waals surface area contributed by atoms with E-state index in [0.717, 1.165) is 12.8 Å². The molecule has 1 aromatic heterocycles. The maximum Gasteiger partial charge on any atom is 0.270 e. The molecule has 3 amide bonds. The van der Waals surface area contributed by atoms with Crippen LogP contribution < -0.4 is 16.4 Å². The molecule has 0 aliphatic carbocycles. The minimum Gasteiger partial charge on any atom is -0.366 e. The Morgan fingerprint density at radius 3 is 2.80 bits per heavy atom. The molecule has 1 aliphatic heterocycles. The van der Waals surface area contributed by atoms with Crippen molar-refractivity contribution in [3.8, 4) is 0 Å². The summed E-state index contributed by atoms with van der Waals surface area (Å²) in [5, 5.41) is 5.38. The van der Waals surface area contributed by atoms with E-state index >= 15 is 0 Å². The zero-order chi connectivity index (χ0) is 14.5. The third-order valence-corrected chi connectivity index (χ3v) is 3.12.